The van der Waals surface area contributed by atoms with Crippen molar-refractivity contribution in [1.29, 1.82) is 0 Å². The zero-order valence-corrected chi connectivity index (χ0v) is 11.1. The molecule has 0 radical (unpaired) electrons. The number of nitrogens with zero attached hydrogens (tertiary/aromatic N) is 1. The van der Waals surface area contributed by atoms with E-state index in [0.717, 1.165) is 31.9 Å². The molecule has 0 aliphatic heterocycles. The summed E-state index contributed by atoms with van der Waals surface area (Å²) in [7, 11) is 0. The first-order valence-electron chi connectivity index (χ1n) is 6.24. The third-order valence-electron chi connectivity index (χ3n) is 2.95. The lowest BCUT2D eigenvalue weighted by atomic mass is 10.1. The van der Waals surface area contributed by atoms with Crippen LogP contribution < -0.4 is 16.8 Å². The van der Waals surface area contributed by atoms with Crippen LogP contribution in [-0.2, 0) is 0 Å². The molecule has 1 rings (SSSR count). The van der Waals surface area contributed by atoms with Gasteiger partial charge in [-0.2, -0.15) is 0 Å². The summed E-state index contributed by atoms with van der Waals surface area (Å²) >= 11 is 0. The van der Waals surface area contributed by atoms with E-state index in [1.165, 1.54) is 0 Å². The van der Waals surface area contributed by atoms with Crippen molar-refractivity contribution < 1.29 is 4.79 Å². The summed E-state index contributed by atoms with van der Waals surface area (Å²) in [5.41, 5.74) is 12.7. The third kappa shape index (κ3) is 3.92. The highest BCUT2D eigenvalue weighted by Crippen LogP contribution is 2.18. The molecule has 0 saturated carbocycles. The van der Waals surface area contributed by atoms with Crippen LogP contribution in [0, 0.1) is 0 Å². The zero-order valence-electron chi connectivity index (χ0n) is 11.1. The van der Waals surface area contributed by atoms with Crippen LogP contribution in [0.3, 0.4) is 0 Å². The van der Waals surface area contributed by atoms with Gasteiger partial charge in [0.2, 0.25) is 0 Å². The van der Waals surface area contributed by atoms with Gasteiger partial charge in [-0.1, -0.05) is 13.8 Å². The molecule has 0 aromatic heterocycles. The minimum Gasteiger partial charge on any atom is -0.399 e. The van der Waals surface area contributed by atoms with Crippen molar-refractivity contribution in [2.24, 2.45) is 5.73 Å². The molecule has 0 bridgehead atoms. The second-order valence-corrected chi connectivity index (χ2v) is 4.12. The number of carbonyl (C=O) groups is 1. The Balaban J connectivity index is 2.64. The van der Waals surface area contributed by atoms with Crippen LogP contribution in [0.25, 0.3) is 0 Å². The molecule has 0 fully saturated rings. The van der Waals surface area contributed by atoms with E-state index in [4.69, 9.17) is 11.5 Å². The smallest absolute Gasteiger partial charge is 0.250 e. The van der Waals surface area contributed by atoms with Crippen molar-refractivity contribution in [1.82, 2.24) is 4.90 Å². The molecular formula is C13H22N4O. The average Bonchev–Trinajstić information content (AvgIpc) is 2.36. The summed E-state index contributed by atoms with van der Waals surface area (Å²) < 4.78 is 0. The molecule has 0 spiro atoms. The minimum atomic E-state index is -0.465. The molecule has 5 nitrogen and oxygen atoms in total. The van der Waals surface area contributed by atoms with Crippen molar-refractivity contribution in [3.63, 3.8) is 0 Å². The fourth-order valence-electron chi connectivity index (χ4n) is 1.81. The number of amides is 1. The van der Waals surface area contributed by atoms with Gasteiger partial charge in [0, 0.05) is 24.5 Å². The second-order valence-electron chi connectivity index (χ2n) is 4.12. The van der Waals surface area contributed by atoms with Gasteiger partial charge in [-0.05, 0) is 31.3 Å². The van der Waals surface area contributed by atoms with Gasteiger partial charge in [-0.25, -0.2) is 0 Å². The quantitative estimate of drug-likeness (QED) is 0.633. The van der Waals surface area contributed by atoms with E-state index >= 15 is 0 Å². The number of rotatable bonds is 7. The fraction of sp³-hybridized carbons (Fsp3) is 0.462. The second kappa shape index (κ2) is 6.86. The van der Waals surface area contributed by atoms with Crippen LogP contribution in [0.4, 0.5) is 11.4 Å². The highest BCUT2D eigenvalue weighted by Gasteiger charge is 2.08. The molecule has 0 atom stereocenters. The van der Waals surface area contributed by atoms with Gasteiger partial charge in [0.25, 0.3) is 5.91 Å². The topological polar surface area (TPSA) is 84.4 Å². The third-order valence-corrected chi connectivity index (χ3v) is 2.95. The standard InChI is InChI=1S/C13H22N4O/c1-3-17(4-2)8-7-16-12-6-5-10(14)9-11(12)13(15)18/h5-6,9,16H,3-4,7-8,14H2,1-2H3,(H2,15,18). The van der Waals surface area contributed by atoms with Crippen LogP contribution in [0.1, 0.15) is 24.2 Å². The van der Waals surface area contributed by atoms with E-state index in [1.54, 1.807) is 18.2 Å². The number of primary amides is 1. The predicted molar refractivity (Wildman–Crippen MR) is 75.7 cm³/mol. The highest BCUT2D eigenvalue weighted by atomic mass is 16.1. The SMILES string of the molecule is CCN(CC)CCNc1ccc(N)cc1C(N)=O. The van der Waals surface area contributed by atoms with Crippen molar-refractivity contribution in [3.05, 3.63) is 23.8 Å². The summed E-state index contributed by atoms with van der Waals surface area (Å²) in [5, 5.41) is 3.22. The van der Waals surface area contributed by atoms with Crippen LogP contribution >= 0.6 is 0 Å². The largest absolute Gasteiger partial charge is 0.399 e. The lowest BCUT2D eigenvalue weighted by Gasteiger charge is -2.19. The Kier molecular flexibility index (Phi) is 5.45. The monoisotopic (exact) mass is 250 g/mol. The molecule has 1 aromatic rings. The Hall–Kier alpha value is -1.75. The van der Waals surface area contributed by atoms with Crippen LogP contribution in [0.5, 0.6) is 0 Å². The van der Waals surface area contributed by atoms with E-state index in [-0.39, 0.29) is 0 Å². The van der Waals surface area contributed by atoms with Crippen molar-refractivity contribution in [2.75, 3.05) is 37.2 Å². The molecular weight excluding hydrogens is 228 g/mol. The number of hydrogen-bond donors (Lipinski definition) is 3. The van der Waals surface area contributed by atoms with Crippen LogP contribution in [0.2, 0.25) is 0 Å². The number of likely N-dealkylation sites (N-methyl/N-ethyl adjacent to an activating group) is 1. The normalized spacial score (nSPS) is 10.6. The van der Waals surface area contributed by atoms with Crippen LogP contribution in [-0.4, -0.2) is 37.0 Å². The Morgan fingerprint density at radius 2 is 2.00 bits per heavy atom. The maximum Gasteiger partial charge on any atom is 0.250 e. The van der Waals surface area contributed by atoms with Gasteiger partial charge in [0.05, 0.1) is 5.56 Å². The van der Waals surface area contributed by atoms with Gasteiger partial charge in [-0.3, -0.25) is 4.79 Å². The summed E-state index contributed by atoms with van der Waals surface area (Å²) in [6.45, 7) is 7.98. The van der Waals surface area contributed by atoms with Gasteiger partial charge in [0.1, 0.15) is 0 Å². The lowest BCUT2D eigenvalue weighted by molar-refractivity contribution is 0.100. The summed E-state index contributed by atoms with van der Waals surface area (Å²) in [5.74, 6) is -0.465. The summed E-state index contributed by atoms with van der Waals surface area (Å²) in [4.78, 5) is 13.6. The first-order valence-corrected chi connectivity index (χ1v) is 6.24. The summed E-state index contributed by atoms with van der Waals surface area (Å²) in [6, 6.07) is 5.14. The van der Waals surface area contributed by atoms with E-state index in [2.05, 4.69) is 24.1 Å². The van der Waals surface area contributed by atoms with E-state index < -0.39 is 5.91 Å². The number of benzene rings is 1. The lowest BCUT2D eigenvalue weighted by Crippen LogP contribution is -2.29. The predicted octanol–water partition coefficient (Wildman–Crippen LogP) is 1.12. The number of nitrogens with one attached hydrogen (secondary N) is 1. The number of nitrogen functional groups attached to an aromatic ring is 1. The van der Waals surface area contributed by atoms with E-state index in [0.29, 0.717) is 11.3 Å². The molecule has 0 saturated heterocycles. The van der Waals surface area contributed by atoms with Crippen LogP contribution in [0.15, 0.2) is 18.2 Å². The Bertz CT molecular complexity index is 402. The maximum absolute atomic E-state index is 11.3. The van der Waals surface area contributed by atoms with Crippen molar-refractivity contribution in [2.45, 2.75) is 13.8 Å². The highest BCUT2D eigenvalue weighted by molar-refractivity contribution is 5.99. The number of nitrogens with two attached hydrogens (primary N) is 2. The molecule has 100 valence electrons. The minimum absolute atomic E-state index is 0.439. The number of anilines is 2. The molecule has 5 heteroatoms. The Labute approximate surface area is 108 Å². The molecule has 0 aliphatic rings. The van der Waals surface area contributed by atoms with E-state index in [1.807, 2.05) is 0 Å². The molecule has 5 N–H and O–H groups in total. The Morgan fingerprint density at radius 1 is 1.33 bits per heavy atom. The van der Waals surface area contributed by atoms with Gasteiger partial charge in [0.15, 0.2) is 0 Å². The zero-order chi connectivity index (χ0) is 13.5. The molecule has 1 aromatic carbocycles. The van der Waals surface area contributed by atoms with Crippen molar-refractivity contribution >= 4 is 17.3 Å². The summed E-state index contributed by atoms with van der Waals surface area (Å²) in [6.07, 6.45) is 0. The molecule has 0 heterocycles. The molecule has 0 aliphatic carbocycles. The van der Waals surface area contributed by atoms with Gasteiger partial charge >= 0.3 is 0 Å². The van der Waals surface area contributed by atoms with E-state index in [9.17, 15) is 4.79 Å². The maximum atomic E-state index is 11.3. The van der Waals surface area contributed by atoms with Gasteiger partial charge < -0.3 is 21.7 Å². The first-order chi connectivity index (χ1) is 8.58. The number of carbonyl (C=O) groups excluding carboxylic acids is 1. The molecule has 18 heavy (non-hydrogen) atoms. The first kappa shape index (κ1) is 14.3. The van der Waals surface area contributed by atoms with Crippen molar-refractivity contribution in [3.8, 4) is 0 Å². The molecule has 1 amide bonds. The number of hydrogen-bond acceptors (Lipinski definition) is 4. The Morgan fingerprint density at radius 3 is 2.56 bits per heavy atom. The average molecular weight is 250 g/mol. The molecule has 0 unspecified atom stereocenters. The van der Waals surface area contributed by atoms with Gasteiger partial charge in [-0.15, -0.1) is 0 Å². The fourth-order valence-corrected chi connectivity index (χ4v) is 1.81.